The van der Waals surface area contributed by atoms with Gasteiger partial charge < -0.3 is 87.7 Å². The molecule has 23 nitrogen and oxygen atoms in total. The summed E-state index contributed by atoms with van der Waals surface area (Å²) < 4.78 is 56.2. The minimum absolute atomic E-state index is 0. The van der Waals surface area contributed by atoms with Gasteiger partial charge in [0.15, 0.2) is 23.0 Å². The van der Waals surface area contributed by atoms with Crippen LogP contribution in [0.5, 0.6) is 23.0 Å². The summed E-state index contributed by atoms with van der Waals surface area (Å²) in [5.74, 6) is -4.19. The fraction of sp³-hybridized carbons (Fsp3) is 0.595. The number of carbonyl (C=O) groups excluding carboxylic acids is 5. The van der Waals surface area contributed by atoms with E-state index >= 15 is 0 Å². The van der Waals surface area contributed by atoms with E-state index < -0.39 is 62.4 Å². The number of nitrogens with zero attached hydrogens (tertiary/aromatic N) is 3. The van der Waals surface area contributed by atoms with E-state index in [2.05, 4.69) is 10.6 Å². The third-order valence-electron chi connectivity index (χ3n) is 9.14. The number of benzene rings is 2. The normalized spacial score (nSPS) is 16.0. The molecule has 0 unspecified atom stereocenters. The van der Waals surface area contributed by atoms with Gasteiger partial charge in [0.2, 0.25) is 11.8 Å². The molecule has 2 N–H and O–H groups in total. The number of rotatable bonds is 18. The Bertz CT molecular complexity index is 1660. The first-order valence-corrected chi connectivity index (χ1v) is 21.2. The van der Waals surface area contributed by atoms with E-state index in [1.165, 1.54) is 14.7 Å². The maximum Gasteiger partial charge on any atom is 3.00 e. The quantitative estimate of drug-likeness (QED) is 0.144. The molecule has 367 valence electrons. The van der Waals surface area contributed by atoms with E-state index in [4.69, 9.17) is 47.4 Å². The zero-order valence-electron chi connectivity index (χ0n) is 36.7. The van der Waals surface area contributed by atoms with Crippen LogP contribution in [0.3, 0.4) is 0 Å². The first kappa shape index (κ1) is 56.3. The molecular weight excluding hydrogens is 1020 g/mol. The van der Waals surface area contributed by atoms with Crippen LogP contribution in [0, 0.1) is 39.9 Å². The molecule has 24 heteroatoms. The van der Waals surface area contributed by atoms with E-state index in [9.17, 15) is 39.3 Å². The number of hydrogen-bond acceptors (Lipinski definition) is 21. The molecule has 0 aliphatic carbocycles. The van der Waals surface area contributed by atoms with E-state index in [0.29, 0.717) is 100 Å². The molecule has 0 spiro atoms. The topological polar surface area (TPSA) is 281 Å². The summed E-state index contributed by atoms with van der Waals surface area (Å²) in [5, 5.41) is 40.5. The largest absolute Gasteiger partial charge is 3.00 e. The summed E-state index contributed by atoms with van der Waals surface area (Å²) in [6, 6.07) is 9.46. The zero-order valence-corrected chi connectivity index (χ0v) is 39.0. The molecule has 0 bridgehead atoms. The first-order chi connectivity index (χ1) is 31.5. The molecule has 0 saturated carbocycles. The van der Waals surface area contributed by atoms with Gasteiger partial charge in [-0.1, -0.05) is 0 Å². The Morgan fingerprint density at radius 3 is 0.985 bits per heavy atom. The van der Waals surface area contributed by atoms with E-state index in [0.717, 1.165) is 0 Å². The van der Waals surface area contributed by atoms with Crippen molar-refractivity contribution in [3.8, 4) is 23.0 Å². The summed E-state index contributed by atoms with van der Waals surface area (Å²) >= 11 is 0. The van der Waals surface area contributed by atoms with Crippen LogP contribution in [-0.2, 0) is 52.4 Å². The van der Waals surface area contributed by atoms with Gasteiger partial charge in [-0.25, -0.2) is 0 Å². The van der Waals surface area contributed by atoms with Crippen LogP contribution < -0.4 is 44.9 Å². The molecule has 66 heavy (non-hydrogen) atoms. The van der Waals surface area contributed by atoms with Crippen LogP contribution in [-0.4, -0.2) is 209 Å². The van der Waals surface area contributed by atoms with Gasteiger partial charge in [-0.2, -0.15) is 0 Å². The van der Waals surface area contributed by atoms with Gasteiger partial charge in [0.25, 0.3) is 0 Å². The summed E-state index contributed by atoms with van der Waals surface area (Å²) in [7, 11) is 0. The van der Waals surface area contributed by atoms with Crippen LogP contribution in [0.1, 0.15) is 0 Å². The number of amides is 2. The number of ether oxygens (including phenoxy) is 10. The second-order valence-electron chi connectivity index (χ2n) is 14.3. The minimum atomic E-state index is -1.48. The summed E-state index contributed by atoms with van der Waals surface area (Å²) in [5.41, 5.74) is 0.646. The van der Waals surface area contributed by atoms with E-state index in [1.807, 2.05) is 0 Å². The Morgan fingerprint density at radius 2 is 0.667 bits per heavy atom. The predicted molar refractivity (Wildman–Crippen MR) is 221 cm³/mol. The van der Waals surface area contributed by atoms with Gasteiger partial charge in [-0.3, -0.25) is 24.3 Å². The van der Waals surface area contributed by atoms with Crippen molar-refractivity contribution < 1.29 is 127 Å². The number of carboxylic acid groups (broad SMARTS) is 3. The van der Waals surface area contributed by atoms with Crippen molar-refractivity contribution in [2.75, 3.05) is 175 Å². The van der Waals surface area contributed by atoms with Gasteiger partial charge in [0.05, 0.1) is 110 Å². The van der Waals surface area contributed by atoms with Crippen molar-refractivity contribution in [3.05, 3.63) is 36.4 Å². The fourth-order valence-electron chi connectivity index (χ4n) is 6.18. The number of carboxylic acids is 3. The molecule has 2 aromatic carbocycles. The molecule has 2 aromatic rings. The van der Waals surface area contributed by atoms with Crippen molar-refractivity contribution in [3.63, 3.8) is 0 Å². The number of anilines is 2. The summed E-state index contributed by atoms with van der Waals surface area (Å²) in [6.07, 6.45) is 0. The predicted octanol–water partition coefficient (Wildman–Crippen LogP) is -3.94. The van der Waals surface area contributed by atoms with Crippen LogP contribution in [0.25, 0.3) is 0 Å². The van der Waals surface area contributed by atoms with Gasteiger partial charge >= 0.3 is 39.9 Å². The van der Waals surface area contributed by atoms with Crippen molar-refractivity contribution in [2.45, 2.75) is 0 Å². The Balaban J connectivity index is 0.0000116. The molecule has 2 aliphatic rings. The van der Waals surface area contributed by atoms with Crippen LogP contribution in [0.4, 0.5) is 11.4 Å². The molecule has 0 saturated heterocycles. The SMILES string of the molecule is O=C([O-])CN(CCN(CC(=O)[O-])CC(=O)Nc1ccc2c(c1)OCCOCCOCCOCCO2)CCN(CC(=O)[O-])CC(=O)Nc1ccc2c(c1)OCCOCCOCCOCCO2.[Gd+3]. The van der Waals surface area contributed by atoms with Crippen molar-refractivity contribution in [1.29, 1.82) is 0 Å². The van der Waals surface area contributed by atoms with Gasteiger partial charge in [-0.05, 0) is 24.3 Å². The number of fused-ring (bicyclic) bond motifs is 2. The van der Waals surface area contributed by atoms with Crippen molar-refractivity contribution in [2.24, 2.45) is 0 Å². The van der Waals surface area contributed by atoms with Crippen LogP contribution in [0.15, 0.2) is 36.4 Å². The average Bonchev–Trinajstić information content (AvgIpc) is 3.26. The maximum atomic E-state index is 13.2. The van der Waals surface area contributed by atoms with Gasteiger partial charge in [-0.15, -0.1) is 0 Å². The van der Waals surface area contributed by atoms with E-state index in [-0.39, 0.29) is 106 Å². The van der Waals surface area contributed by atoms with Crippen LogP contribution in [0.2, 0.25) is 0 Å². The van der Waals surface area contributed by atoms with Gasteiger partial charge in [0.1, 0.15) is 26.4 Å². The Hall–Kier alpha value is -4.05. The summed E-state index contributed by atoms with van der Waals surface area (Å²) in [6.45, 7) is 1.85. The Kier molecular flexibility index (Phi) is 28.5. The molecular formula is C42H58GdN5O18. The molecule has 1 radical (unpaired) electrons. The number of carbonyl (C=O) groups is 5. The number of aliphatic carboxylic acids is 3. The second kappa shape index (κ2) is 33.4. The van der Waals surface area contributed by atoms with E-state index in [1.54, 1.807) is 36.4 Å². The smallest absolute Gasteiger partial charge is 0.549 e. The Labute approximate surface area is 414 Å². The molecule has 2 heterocycles. The molecule has 0 atom stereocenters. The maximum absolute atomic E-state index is 13.2. The molecule has 2 aliphatic heterocycles. The van der Waals surface area contributed by atoms with Gasteiger partial charge in [0, 0.05) is 69.3 Å². The number of nitrogens with one attached hydrogen (secondary N) is 2. The van der Waals surface area contributed by atoms with Crippen molar-refractivity contribution >= 4 is 41.1 Å². The minimum Gasteiger partial charge on any atom is -0.549 e. The summed E-state index contributed by atoms with van der Waals surface area (Å²) in [4.78, 5) is 65.4. The monoisotopic (exact) mass is 1080 g/mol. The third-order valence-corrected chi connectivity index (χ3v) is 9.14. The molecule has 0 fully saturated rings. The first-order valence-electron chi connectivity index (χ1n) is 21.2. The number of hydrogen-bond donors (Lipinski definition) is 2. The Morgan fingerprint density at radius 1 is 0.394 bits per heavy atom. The third kappa shape index (κ3) is 24.6. The van der Waals surface area contributed by atoms with Crippen LogP contribution >= 0.6 is 0 Å². The zero-order chi connectivity index (χ0) is 46.5. The molecule has 4 rings (SSSR count). The standard InChI is InChI=1S/C42H61N5O18.Gd/c48-38(43-32-1-3-34-36(25-32)64-23-19-60-15-11-56-9-13-58-17-21-62-34)27-46(30-41(52)53)7-5-45(29-40(50)51)6-8-47(31-42(54)55)28-39(49)44-33-2-4-35-37(26-33)65-24-20-61-16-12-57-10-14-59-18-22-63-35;/h1-4,25-26H,5-24,27-31H2,(H,43,48)(H,44,49)(H,50,51)(H,52,53)(H,54,55);/q;+3/p-3. The van der Waals surface area contributed by atoms with Crippen molar-refractivity contribution in [1.82, 2.24) is 14.7 Å². The fourth-order valence-corrected chi connectivity index (χ4v) is 6.18. The molecule has 0 aromatic heterocycles. The average molecular weight is 1080 g/mol. The molecule has 2 amide bonds. The second-order valence-corrected chi connectivity index (χ2v) is 14.3.